The van der Waals surface area contributed by atoms with Gasteiger partial charge in [-0.1, -0.05) is 13.8 Å². The average Bonchev–Trinajstić information content (AvgIpc) is 2.69. The van der Waals surface area contributed by atoms with E-state index in [4.69, 9.17) is 0 Å². The molecule has 4 rings (SSSR count). The number of carbonyl (C=O) groups excluding carboxylic acids is 2. The van der Waals surface area contributed by atoms with Crippen LogP contribution in [0.1, 0.15) is 27.2 Å². The Morgan fingerprint density at radius 3 is 2.00 bits per heavy atom. The van der Waals surface area contributed by atoms with Gasteiger partial charge in [0.05, 0.1) is 16.4 Å². The molecule has 0 N–H and O–H groups in total. The molecule has 0 aliphatic heterocycles. The molecule has 68 valence electrons. The van der Waals surface area contributed by atoms with Gasteiger partial charge in [-0.25, -0.2) is 0 Å². The summed E-state index contributed by atoms with van der Waals surface area (Å²) in [5, 5.41) is 0. The van der Waals surface area contributed by atoms with Crippen LogP contribution in [0.15, 0.2) is 11.1 Å². The van der Waals surface area contributed by atoms with Crippen molar-refractivity contribution in [2.45, 2.75) is 27.2 Å². The number of ketones is 2. The number of hydrogen-bond donors (Lipinski definition) is 0. The first-order valence-electron chi connectivity index (χ1n) is 4.81. The lowest BCUT2D eigenvalue weighted by molar-refractivity contribution is -0.122. The molecule has 4 aliphatic carbocycles. The van der Waals surface area contributed by atoms with Crippen LogP contribution in [0, 0.1) is 16.7 Å². The van der Waals surface area contributed by atoms with Crippen molar-refractivity contribution in [3.63, 3.8) is 0 Å². The van der Waals surface area contributed by atoms with Crippen LogP contribution >= 0.6 is 0 Å². The van der Waals surface area contributed by atoms with Gasteiger partial charge in [0.2, 0.25) is 0 Å². The lowest BCUT2D eigenvalue weighted by Gasteiger charge is -2.22. The van der Waals surface area contributed by atoms with Gasteiger partial charge < -0.3 is 0 Å². The molecule has 2 bridgehead atoms. The Kier molecular flexibility index (Phi) is 0.883. The molecule has 0 saturated heterocycles. The maximum atomic E-state index is 11.9. The van der Waals surface area contributed by atoms with Gasteiger partial charge in [0, 0.05) is 0 Å². The van der Waals surface area contributed by atoms with Crippen LogP contribution in [0.5, 0.6) is 0 Å². The Bertz CT molecular complexity index is 402. The van der Waals surface area contributed by atoms with E-state index in [2.05, 4.69) is 13.8 Å². The van der Waals surface area contributed by atoms with Crippen LogP contribution in [0.3, 0.4) is 0 Å². The molecule has 0 amide bonds. The van der Waals surface area contributed by atoms with Gasteiger partial charge in [-0.2, -0.15) is 0 Å². The third-order valence-corrected chi connectivity index (χ3v) is 4.43. The van der Waals surface area contributed by atoms with E-state index in [-0.39, 0.29) is 22.4 Å². The number of Topliss-reactive ketones (excluding diaryl/α,β-unsaturated/α-hetero) is 2. The van der Waals surface area contributed by atoms with E-state index in [1.54, 1.807) is 0 Å². The van der Waals surface area contributed by atoms with Crippen molar-refractivity contribution in [3.05, 3.63) is 11.1 Å². The Labute approximate surface area is 77.0 Å². The molecule has 2 unspecified atom stereocenters. The first-order valence-corrected chi connectivity index (χ1v) is 4.81. The van der Waals surface area contributed by atoms with Crippen LogP contribution in [-0.2, 0) is 9.59 Å². The predicted octanol–water partition coefficient (Wildman–Crippen LogP) is 1.50. The van der Waals surface area contributed by atoms with Crippen LogP contribution in [0.25, 0.3) is 0 Å². The Morgan fingerprint density at radius 2 is 1.85 bits per heavy atom. The smallest absolute Gasteiger partial charge is 0.177 e. The summed E-state index contributed by atoms with van der Waals surface area (Å²) in [6.07, 6.45) is 0.796. The van der Waals surface area contributed by atoms with Crippen LogP contribution in [0.4, 0.5) is 0 Å². The second-order valence-electron chi connectivity index (χ2n) is 4.87. The molecule has 2 fully saturated rings. The van der Waals surface area contributed by atoms with E-state index in [1.165, 1.54) is 0 Å². The minimum absolute atomic E-state index is 0.142. The summed E-state index contributed by atoms with van der Waals surface area (Å²) in [5.74, 6) is 0.590. The molecule has 1 spiro atoms. The lowest BCUT2D eigenvalue weighted by atomic mass is 9.77. The van der Waals surface area contributed by atoms with E-state index in [9.17, 15) is 9.59 Å². The van der Waals surface area contributed by atoms with Crippen molar-refractivity contribution in [3.8, 4) is 0 Å². The second kappa shape index (κ2) is 1.54. The summed E-state index contributed by atoms with van der Waals surface area (Å²) in [6, 6.07) is 0. The number of hydrogen-bond acceptors (Lipinski definition) is 2. The van der Waals surface area contributed by atoms with Crippen molar-refractivity contribution in [1.82, 2.24) is 0 Å². The first-order chi connectivity index (χ1) is 6.00. The fourth-order valence-electron chi connectivity index (χ4n) is 3.56. The fraction of sp³-hybridized carbons (Fsp3) is 0.636. The van der Waals surface area contributed by atoms with Crippen molar-refractivity contribution in [2.24, 2.45) is 16.7 Å². The SMILES string of the molecule is CC1=C2C(=O)C13CC3(C(C)C)C2=O. The molecule has 2 atom stereocenters. The normalized spacial score (nSPS) is 45.5. The van der Waals surface area contributed by atoms with Crippen molar-refractivity contribution < 1.29 is 9.59 Å². The summed E-state index contributed by atoms with van der Waals surface area (Å²) in [7, 11) is 0. The average molecular weight is 176 g/mol. The number of carbonyl (C=O) groups is 2. The van der Waals surface area contributed by atoms with Gasteiger partial charge in [-0.3, -0.25) is 9.59 Å². The Balaban J connectivity index is 2.24. The van der Waals surface area contributed by atoms with Gasteiger partial charge in [0.1, 0.15) is 0 Å². The maximum absolute atomic E-state index is 11.9. The number of allylic oxidation sites excluding steroid dienone is 2. The highest BCUT2D eigenvalue weighted by atomic mass is 16.2. The van der Waals surface area contributed by atoms with E-state index >= 15 is 0 Å². The second-order valence-corrected chi connectivity index (χ2v) is 4.87. The van der Waals surface area contributed by atoms with Crippen LogP contribution < -0.4 is 0 Å². The molecule has 2 heteroatoms. The van der Waals surface area contributed by atoms with Gasteiger partial charge in [0.15, 0.2) is 11.6 Å². The van der Waals surface area contributed by atoms with Gasteiger partial charge in [-0.15, -0.1) is 0 Å². The van der Waals surface area contributed by atoms with E-state index in [0.29, 0.717) is 11.5 Å². The highest BCUT2D eigenvalue weighted by Gasteiger charge is 2.88. The van der Waals surface area contributed by atoms with Crippen molar-refractivity contribution in [1.29, 1.82) is 0 Å². The zero-order valence-electron chi connectivity index (χ0n) is 8.10. The predicted molar refractivity (Wildman–Crippen MR) is 47.0 cm³/mol. The monoisotopic (exact) mass is 176 g/mol. The minimum Gasteiger partial charge on any atom is -0.293 e. The standard InChI is InChI=1S/C11H12O2/c1-5(2)10-4-11(10)6(3)7(8(10)12)9(11)13/h5H,4H2,1-3H3. The summed E-state index contributed by atoms with van der Waals surface area (Å²) in [5.41, 5.74) is 1.04. The zero-order valence-corrected chi connectivity index (χ0v) is 8.10. The maximum Gasteiger partial charge on any atom is 0.177 e. The topological polar surface area (TPSA) is 34.1 Å². The van der Waals surface area contributed by atoms with Crippen molar-refractivity contribution in [2.75, 3.05) is 0 Å². The molecule has 13 heavy (non-hydrogen) atoms. The van der Waals surface area contributed by atoms with Crippen LogP contribution in [0.2, 0.25) is 0 Å². The summed E-state index contributed by atoms with van der Waals surface area (Å²) >= 11 is 0. The quantitative estimate of drug-likeness (QED) is 0.567. The van der Waals surface area contributed by atoms with E-state index in [0.717, 1.165) is 12.0 Å². The fourth-order valence-corrected chi connectivity index (χ4v) is 3.56. The summed E-state index contributed by atoms with van der Waals surface area (Å²) in [6.45, 7) is 6.05. The van der Waals surface area contributed by atoms with Gasteiger partial charge >= 0.3 is 0 Å². The zero-order chi connectivity index (χ0) is 9.59. The molecule has 0 heterocycles. The molecule has 0 aromatic carbocycles. The first kappa shape index (κ1) is 7.48. The molecule has 0 aromatic rings. The molecule has 0 aromatic heterocycles. The van der Waals surface area contributed by atoms with Crippen LogP contribution in [-0.4, -0.2) is 11.6 Å². The lowest BCUT2D eigenvalue weighted by Crippen LogP contribution is -2.28. The molecule has 4 aliphatic rings. The highest BCUT2D eigenvalue weighted by molar-refractivity contribution is 6.41. The third kappa shape index (κ3) is 0.395. The highest BCUT2D eigenvalue weighted by Crippen LogP contribution is 2.83. The Hall–Kier alpha value is -0.920. The van der Waals surface area contributed by atoms with E-state index in [1.807, 2.05) is 6.92 Å². The summed E-state index contributed by atoms with van der Waals surface area (Å²) in [4.78, 5) is 23.5. The van der Waals surface area contributed by atoms with Gasteiger partial charge in [0.25, 0.3) is 0 Å². The summed E-state index contributed by atoms with van der Waals surface area (Å²) < 4.78 is 0. The number of rotatable bonds is 1. The van der Waals surface area contributed by atoms with E-state index < -0.39 is 0 Å². The molecular formula is C11H12O2. The Morgan fingerprint density at radius 1 is 1.23 bits per heavy atom. The molecule has 2 saturated carbocycles. The molecular weight excluding hydrogens is 164 g/mol. The van der Waals surface area contributed by atoms with Gasteiger partial charge in [-0.05, 0) is 24.8 Å². The molecule has 0 radical (unpaired) electrons. The molecule has 2 nitrogen and oxygen atoms in total. The minimum atomic E-state index is -0.298. The third-order valence-electron chi connectivity index (χ3n) is 4.43. The van der Waals surface area contributed by atoms with Crippen molar-refractivity contribution >= 4 is 11.6 Å². The largest absolute Gasteiger partial charge is 0.293 e.